The van der Waals surface area contributed by atoms with Crippen LogP contribution in [0.4, 0.5) is 8.78 Å². The van der Waals surface area contributed by atoms with Gasteiger partial charge in [-0.05, 0) is 81.1 Å². The van der Waals surface area contributed by atoms with Gasteiger partial charge in [0.15, 0.2) is 0 Å². The Kier molecular flexibility index (Phi) is 5.80. The van der Waals surface area contributed by atoms with E-state index >= 15 is 0 Å². The molecule has 2 saturated carbocycles. The van der Waals surface area contributed by atoms with Crippen molar-refractivity contribution in [3.05, 3.63) is 12.2 Å². The summed E-state index contributed by atoms with van der Waals surface area (Å²) in [4.78, 5) is 0. The third kappa shape index (κ3) is 4.55. The summed E-state index contributed by atoms with van der Waals surface area (Å²) in [7, 11) is 1.78. The highest BCUT2D eigenvalue weighted by atomic mass is 19.3. The van der Waals surface area contributed by atoms with Gasteiger partial charge in [-0.1, -0.05) is 0 Å². The van der Waals surface area contributed by atoms with E-state index in [0.29, 0.717) is 0 Å². The number of methoxy groups -OCH3 is 1. The molecule has 0 saturated heterocycles. The fraction of sp³-hybridized carbons (Fsp3) is 0.875. The molecule has 0 aromatic carbocycles. The molecular weight excluding hydrogens is 246 g/mol. The molecule has 2 aliphatic carbocycles. The first-order valence-corrected chi connectivity index (χ1v) is 7.70. The molecule has 110 valence electrons. The molecule has 0 bridgehead atoms. The van der Waals surface area contributed by atoms with Crippen LogP contribution in [-0.4, -0.2) is 13.7 Å². The molecule has 2 rings (SSSR count). The van der Waals surface area contributed by atoms with Crippen LogP contribution in [0.5, 0.6) is 0 Å². The largest absolute Gasteiger partial charge is 0.384 e. The van der Waals surface area contributed by atoms with Crippen LogP contribution < -0.4 is 0 Å². The van der Waals surface area contributed by atoms with Crippen molar-refractivity contribution in [2.45, 2.75) is 51.4 Å². The highest BCUT2D eigenvalue weighted by molar-refractivity contribution is 4.92. The van der Waals surface area contributed by atoms with Crippen molar-refractivity contribution >= 4 is 0 Å². The molecule has 3 heteroatoms. The Morgan fingerprint density at radius 3 is 1.95 bits per heavy atom. The molecule has 0 N–H and O–H groups in total. The molecule has 0 aromatic heterocycles. The first-order valence-electron chi connectivity index (χ1n) is 7.70. The highest BCUT2D eigenvalue weighted by Gasteiger charge is 2.30. The van der Waals surface area contributed by atoms with Gasteiger partial charge < -0.3 is 4.74 Å². The average molecular weight is 272 g/mol. The molecule has 2 fully saturated rings. The van der Waals surface area contributed by atoms with Crippen LogP contribution in [0.1, 0.15) is 51.4 Å². The van der Waals surface area contributed by atoms with Gasteiger partial charge in [-0.3, -0.25) is 0 Å². The molecule has 0 aliphatic heterocycles. The maximum atomic E-state index is 12.2. The van der Waals surface area contributed by atoms with Crippen LogP contribution in [0.3, 0.4) is 0 Å². The lowest BCUT2D eigenvalue weighted by molar-refractivity contribution is 0.0955. The maximum Gasteiger partial charge on any atom is 0.266 e. The minimum absolute atomic E-state index is 0.131. The summed E-state index contributed by atoms with van der Waals surface area (Å²) in [6.07, 6.45) is 9.10. The Morgan fingerprint density at radius 1 is 0.947 bits per heavy atom. The Balaban J connectivity index is 1.72. The van der Waals surface area contributed by atoms with Gasteiger partial charge in [0.05, 0.1) is 0 Å². The van der Waals surface area contributed by atoms with Crippen molar-refractivity contribution in [1.29, 1.82) is 0 Å². The van der Waals surface area contributed by atoms with Crippen LogP contribution in [-0.2, 0) is 4.74 Å². The lowest BCUT2D eigenvalue weighted by atomic mass is 9.69. The Bertz CT molecular complexity index is 283. The summed E-state index contributed by atoms with van der Waals surface area (Å²) in [6, 6.07) is 0. The van der Waals surface area contributed by atoms with Crippen LogP contribution >= 0.6 is 0 Å². The van der Waals surface area contributed by atoms with Crippen molar-refractivity contribution in [3.63, 3.8) is 0 Å². The molecule has 1 nitrogen and oxygen atoms in total. The molecule has 0 atom stereocenters. The zero-order chi connectivity index (χ0) is 13.7. The fourth-order valence-corrected chi connectivity index (χ4v) is 4.02. The topological polar surface area (TPSA) is 9.23 Å². The number of halogens is 2. The molecule has 0 heterocycles. The fourth-order valence-electron chi connectivity index (χ4n) is 4.02. The van der Waals surface area contributed by atoms with Crippen molar-refractivity contribution in [2.24, 2.45) is 23.7 Å². The molecule has 0 radical (unpaired) electrons. The van der Waals surface area contributed by atoms with Crippen molar-refractivity contribution in [3.8, 4) is 0 Å². The average Bonchev–Trinajstić information content (AvgIpc) is 2.40. The summed E-state index contributed by atoms with van der Waals surface area (Å²) in [5, 5.41) is 0. The number of ether oxygens (including phenoxy) is 1. The highest BCUT2D eigenvalue weighted by Crippen LogP contribution is 2.41. The van der Waals surface area contributed by atoms with Gasteiger partial charge >= 0.3 is 0 Å². The van der Waals surface area contributed by atoms with Crippen molar-refractivity contribution in [2.75, 3.05) is 13.7 Å². The maximum absolute atomic E-state index is 12.2. The smallest absolute Gasteiger partial charge is 0.266 e. The molecule has 0 spiro atoms. The molecule has 0 aromatic rings. The van der Waals surface area contributed by atoms with Gasteiger partial charge in [-0.15, -0.1) is 0 Å². The number of hydrogen-bond donors (Lipinski definition) is 0. The van der Waals surface area contributed by atoms with E-state index in [1.54, 1.807) is 7.11 Å². The van der Waals surface area contributed by atoms with Gasteiger partial charge in [-0.25, -0.2) is 0 Å². The molecule has 2 aliphatic rings. The monoisotopic (exact) mass is 272 g/mol. The third-order valence-corrected chi connectivity index (χ3v) is 5.14. The molecular formula is C16H26F2O. The minimum Gasteiger partial charge on any atom is -0.384 e. The van der Waals surface area contributed by atoms with E-state index in [0.717, 1.165) is 50.0 Å². The standard InChI is InChI=1S/C16H26F2O/c1-19-11-13-4-8-15(9-5-13)14-6-2-12(3-7-14)10-16(17)18/h10,12-15H,2-9,11H2,1H3/t12-,13-,14-,15-. The van der Waals surface area contributed by atoms with Crippen LogP contribution in [0, 0.1) is 23.7 Å². The van der Waals surface area contributed by atoms with Crippen LogP contribution in [0.25, 0.3) is 0 Å². The lowest BCUT2D eigenvalue weighted by Crippen LogP contribution is -2.26. The first kappa shape index (κ1) is 15.0. The Hall–Kier alpha value is -0.440. The van der Waals surface area contributed by atoms with E-state index in [4.69, 9.17) is 4.74 Å². The van der Waals surface area contributed by atoms with Crippen LogP contribution in [0.15, 0.2) is 12.2 Å². The van der Waals surface area contributed by atoms with Gasteiger partial charge in [0.2, 0.25) is 0 Å². The predicted molar refractivity (Wildman–Crippen MR) is 73.1 cm³/mol. The Labute approximate surface area is 115 Å². The quantitative estimate of drug-likeness (QED) is 0.697. The lowest BCUT2D eigenvalue weighted by Gasteiger charge is -2.37. The molecule has 0 amide bonds. The summed E-state index contributed by atoms with van der Waals surface area (Å²) >= 11 is 0. The van der Waals surface area contributed by atoms with E-state index < -0.39 is 6.08 Å². The zero-order valence-electron chi connectivity index (χ0n) is 11.9. The van der Waals surface area contributed by atoms with Crippen LogP contribution in [0.2, 0.25) is 0 Å². The van der Waals surface area contributed by atoms with Gasteiger partial charge in [0, 0.05) is 13.7 Å². The predicted octanol–water partition coefficient (Wildman–Crippen LogP) is 5.03. The number of hydrogen-bond acceptors (Lipinski definition) is 1. The third-order valence-electron chi connectivity index (χ3n) is 5.14. The second-order valence-corrected chi connectivity index (χ2v) is 6.37. The van der Waals surface area contributed by atoms with E-state index in [2.05, 4.69) is 0 Å². The zero-order valence-corrected chi connectivity index (χ0v) is 11.9. The summed E-state index contributed by atoms with van der Waals surface area (Å²) in [5.74, 6) is 2.51. The second kappa shape index (κ2) is 7.37. The second-order valence-electron chi connectivity index (χ2n) is 6.37. The first-order chi connectivity index (χ1) is 9.19. The van der Waals surface area contributed by atoms with E-state index in [1.165, 1.54) is 31.8 Å². The van der Waals surface area contributed by atoms with E-state index in [-0.39, 0.29) is 5.92 Å². The SMILES string of the molecule is COC[C@H]1CC[C@H]([C@H]2CC[C@H](C=C(F)F)CC2)CC1. The molecule has 0 unspecified atom stereocenters. The van der Waals surface area contributed by atoms with Gasteiger partial charge in [0.1, 0.15) is 0 Å². The van der Waals surface area contributed by atoms with Gasteiger partial charge in [-0.2, -0.15) is 8.78 Å². The number of rotatable bonds is 4. The van der Waals surface area contributed by atoms with Crippen molar-refractivity contribution in [1.82, 2.24) is 0 Å². The summed E-state index contributed by atoms with van der Waals surface area (Å²) < 4.78 is 29.7. The molecule has 19 heavy (non-hydrogen) atoms. The van der Waals surface area contributed by atoms with Crippen molar-refractivity contribution < 1.29 is 13.5 Å². The Morgan fingerprint density at radius 2 is 1.47 bits per heavy atom. The normalized spacial score (nSPS) is 35.9. The number of allylic oxidation sites excluding steroid dienone is 1. The summed E-state index contributed by atoms with van der Waals surface area (Å²) in [5.41, 5.74) is 0. The summed E-state index contributed by atoms with van der Waals surface area (Å²) in [6.45, 7) is 0.903. The van der Waals surface area contributed by atoms with Gasteiger partial charge in [0.25, 0.3) is 6.08 Å². The van der Waals surface area contributed by atoms with E-state index in [1.807, 2.05) is 0 Å². The van der Waals surface area contributed by atoms with E-state index in [9.17, 15) is 8.78 Å². The minimum atomic E-state index is -1.50.